The Morgan fingerprint density at radius 3 is 1.79 bits per heavy atom. The molecule has 0 amide bonds. The first-order valence-electron chi connectivity index (χ1n) is 5.94. The van der Waals surface area contributed by atoms with Gasteiger partial charge in [-0.25, -0.2) is 0 Å². The number of rotatable bonds is 4. The summed E-state index contributed by atoms with van der Waals surface area (Å²) in [6, 6.07) is 0. The van der Waals surface area contributed by atoms with Crippen molar-refractivity contribution in [1.29, 1.82) is 0 Å². The summed E-state index contributed by atoms with van der Waals surface area (Å²) in [5, 5.41) is 18.6. The molecule has 0 saturated heterocycles. The van der Waals surface area contributed by atoms with E-state index in [1.54, 1.807) is 0 Å². The highest BCUT2D eigenvalue weighted by molar-refractivity contribution is 4.75. The summed E-state index contributed by atoms with van der Waals surface area (Å²) < 4.78 is 0. The van der Waals surface area contributed by atoms with Gasteiger partial charge in [-0.3, -0.25) is 0 Å². The van der Waals surface area contributed by atoms with Crippen molar-refractivity contribution >= 4 is 0 Å². The number of hydrogen-bond donors (Lipinski definition) is 2. The van der Waals surface area contributed by atoms with Crippen LogP contribution >= 0.6 is 0 Å². The molecular weight excluding hydrogens is 176 g/mol. The molecule has 1 rings (SSSR count). The first-order valence-corrected chi connectivity index (χ1v) is 5.94. The highest BCUT2D eigenvalue weighted by Gasteiger charge is 2.23. The fourth-order valence-electron chi connectivity index (χ4n) is 2.80. The van der Waals surface area contributed by atoms with E-state index in [0.29, 0.717) is 11.8 Å². The van der Waals surface area contributed by atoms with Crippen molar-refractivity contribution in [3.05, 3.63) is 0 Å². The largest absolute Gasteiger partial charge is 0.393 e. The maximum absolute atomic E-state index is 9.32. The minimum absolute atomic E-state index is 0.162. The summed E-state index contributed by atoms with van der Waals surface area (Å²) >= 11 is 0. The topological polar surface area (TPSA) is 40.5 Å². The third-order valence-corrected chi connectivity index (χ3v) is 3.24. The van der Waals surface area contributed by atoms with Crippen LogP contribution in [0, 0.1) is 11.8 Å². The van der Waals surface area contributed by atoms with Gasteiger partial charge in [0, 0.05) is 0 Å². The molecule has 4 unspecified atom stereocenters. The number of aliphatic hydroxyl groups is 2. The standard InChI is InChI=1S/C12H24O2/c1-9(13)6-11-4-3-5-12(8-11)7-10(2)14/h9-14H,3-8H2,1-2H3. The molecule has 1 fully saturated rings. The molecule has 0 aliphatic heterocycles. The zero-order valence-electron chi connectivity index (χ0n) is 9.45. The Labute approximate surface area is 87.3 Å². The predicted molar refractivity (Wildman–Crippen MR) is 58.0 cm³/mol. The van der Waals surface area contributed by atoms with Crippen LogP contribution in [-0.4, -0.2) is 22.4 Å². The maximum atomic E-state index is 9.32. The highest BCUT2D eigenvalue weighted by Crippen LogP contribution is 2.34. The second-order valence-corrected chi connectivity index (χ2v) is 5.07. The van der Waals surface area contributed by atoms with E-state index in [-0.39, 0.29) is 12.2 Å². The van der Waals surface area contributed by atoms with Gasteiger partial charge >= 0.3 is 0 Å². The van der Waals surface area contributed by atoms with Gasteiger partial charge in [-0.05, 0) is 44.9 Å². The van der Waals surface area contributed by atoms with E-state index >= 15 is 0 Å². The molecule has 14 heavy (non-hydrogen) atoms. The van der Waals surface area contributed by atoms with Gasteiger partial charge in [0.2, 0.25) is 0 Å². The second-order valence-electron chi connectivity index (χ2n) is 5.07. The molecule has 1 aliphatic rings. The third-order valence-electron chi connectivity index (χ3n) is 3.24. The van der Waals surface area contributed by atoms with E-state index < -0.39 is 0 Å². The van der Waals surface area contributed by atoms with Crippen molar-refractivity contribution in [1.82, 2.24) is 0 Å². The molecule has 0 bridgehead atoms. The van der Waals surface area contributed by atoms with Gasteiger partial charge in [0.25, 0.3) is 0 Å². The van der Waals surface area contributed by atoms with Crippen LogP contribution in [0.3, 0.4) is 0 Å². The molecule has 4 atom stereocenters. The highest BCUT2D eigenvalue weighted by atomic mass is 16.3. The Kier molecular flexibility index (Phi) is 4.90. The smallest absolute Gasteiger partial charge is 0.0514 e. The van der Waals surface area contributed by atoms with Gasteiger partial charge in [-0.1, -0.05) is 19.3 Å². The summed E-state index contributed by atoms with van der Waals surface area (Å²) in [4.78, 5) is 0. The van der Waals surface area contributed by atoms with E-state index in [4.69, 9.17) is 0 Å². The molecule has 2 nitrogen and oxygen atoms in total. The van der Waals surface area contributed by atoms with Crippen molar-refractivity contribution in [2.45, 2.75) is 64.6 Å². The lowest BCUT2D eigenvalue weighted by Crippen LogP contribution is -2.21. The van der Waals surface area contributed by atoms with Crippen LogP contribution in [0.15, 0.2) is 0 Å². The molecular formula is C12H24O2. The Hall–Kier alpha value is -0.0800. The van der Waals surface area contributed by atoms with Crippen LogP contribution in [-0.2, 0) is 0 Å². The average Bonchev–Trinajstić information content (AvgIpc) is 2.01. The first kappa shape index (κ1) is 12.0. The molecule has 1 saturated carbocycles. The van der Waals surface area contributed by atoms with Crippen LogP contribution in [0.5, 0.6) is 0 Å². The minimum atomic E-state index is -0.162. The van der Waals surface area contributed by atoms with E-state index in [2.05, 4.69) is 0 Å². The zero-order valence-corrected chi connectivity index (χ0v) is 9.45. The summed E-state index contributed by atoms with van der Waals surface area (Å²) in [5.74, 6) is 1.37. The van der Waals surface area contributed by atoms with Crippen LogP contribution in [0.2, 0.25) is 0 Å². The Morgan fingerprint density at radius 1 is 1.00 bits per heavy atom. The van der Waals surface area contributed by atoms with Gasteiger partial charge in [0.05, 0.1) is 12.2 Å². The van der Waals surface area contributed by atoms with Crippen LogP contribution in [0.4, 0.5) is 0 Å². The van der Waals surface area contributed by atoms with Crippen LogP contribution in [0.1, 0.15) is 52.4 Å². The van der Waals surface area contributed by atoms with Crippen LogP contribution < -0.4 is 0 Å². The Balaban J connectivity index is 2.28. The monoisotopic (exact) mass is 200 g/mol. The fraction of sp³-hybridized carbons (Fsp3) is 1.00. The quantitative estimate of drug-likeness (QED) is 0.731. The lowest BCUT2D eigenvalue weighted by atomic mass is 9.77. The van der Waals surface area contributed by atoms with Crippen LogP contribution in [0.25, 0.3) is 0 Å². The van der Waals surface area contributed by atoms with E-state index in [9.17, 15) is 10.2 Å². The molecule has 2 N–H and O–H groups in total. The normalized spacial score (nSPS) is 32.6. The predicted octanol–water partition coefficient (Wildman–Crippen LogP) is 2.33. The van der Waals surface area contributed by atoms with Gasteiger partial charge < -0.3 is 10.2 Å². The van der Waals surface area contributed by atoms with Crippen molar-refractivity contribution < 1.29 is 10.2 Å². The van der Waals surface area contributed by atoms with Crippen molar-refractivity contribution in [2.75, 3.05) is 0 Å². The van der Waals surface area contributed by atoms with Gasteiger partial charge in [-0.15, -0.1) is 0 Å². The number of hydrogen-bond acceptors (Lipinski definition) is 2. The summed E-state index contributed by atoms with van der Waals surface area (Å²) in [5.41, 5.74) is 0. The maximum Gasteiger partial charge on any atom is 0.0514 e. The average molecular weight is 200 g/mol. The Morgan fingerprint density at radius 2 is 1.43 bits per heavy atom. The molecule has 84 valence electrons. The first-order chi connectivity index (χ1) is 6.58. The summed E-state index contributed by atoms with van der Waals surface area (Å²) in [7, 11) is 0. The Bertz CT molecular complexity index is 138. The summed E-state index contributed by atoms with van der Waals surface area (Å²) in [6.45, 7) is 3.75. The number of aliphatic hydroxyl groups excluding tert-OH is 2. The molecule has 1 aliphatic carbocycles. The molecule has 0 aromatic heterocycles. The van der Waals surface area contributed by atoms with E-state index in [0.717, 1.165) is 12.8 Å². The summed E-state index contributed by atoms with van der Waals surface area (Å²) in [6.07, 6.45) is 6.56. The fourth-order valence-corrected chi connectivity index (χ4v) is 2.80. The molecule has 0 aromatic carbocycles. The van der Waals surface area contributed by atoms with E-state index in [1.807, 2.05) is 13.8 Å². The molecule has 0 radical (unpaired) electrons. The minimum Gasteiger partial charge on any atom is -0.393 e. The molecule has 0 spiro atoms. The zero-order chi connectivity index (χ0) is 10.6. The second kappa shape index (κ2) is 5.72. The van der Waals surface area contributed by atoms with E-state index in [1.165, 1.54) is 25.7 Å². The van der Waals surface area contributed by atoms with Crippen molar-refractivity contribution in [3.8, 4) is 0 Å². The molecule has 0 heterocycles. The van der Waals surface area contributed by atoms with Gasteiger partial charge in [0.1, 0.15) is 0 Å². The van der Waals surface area contributed by atoms with Gasteiger partial charge in [-0.2, -0.15) is 0 Å². The lowest BCUT2D eigenvalue weighted by molar-refractivity contribution is 0.107. The van der Waals surface area contributed by atoms with Crippen molar-refractivity contribution in [3.63, 3.8) is 0 Å². The SMILES string of the molecule is CC(O)CC1CCCC(CC(C)O)C1. The molecule has 0 aromatic rings. The molecule has 2 heteroatoms. The van der Waals surface area contributed by atoms with Gasteiger partial charge in [0.15, 0.2) is 0 Å². The lowest BCUT2D eigenvalue weighted by Gasteiger charge is -2.30. The third kappa shape index (κ3) is 4.43. The van der Waals surface area contributed by atoms with Crippen molar-refractivity contribution in [2.24, 2.45) is 11.8 Å².